The van der Waals surface area contributed by atoms with Crippen LogP contribution in [0.1, 0.15) is 22.8 Å². The molecule has 0 saturated carbocycles. The highest BCUT2D eigenvalue weighted by molar-refractivity contribution is 7.66. The number of rotatable bonds is 5. The first-order valence-corrected chi connectivity index (χ1v) is 13.9. The molecule has 2 nitrogen and oxygen atoms in total. The van der Waals surface area contributed by atoms with Gasteiger partial charge in [0.15, 0.2) is 0 Å². The quantitative estimate of drug-likeness (QED) is 0.209. The van der Waals surface area contributed by atoms with Crippen molar-refractivity contribution in [1.29, 1.82) is 0 Å². The van der Waals surface area contributed by atoms with Crippen molar-refractivity contribution in [3.8, 4) is 0 Å². The summed E-state index contributed by atoms with van der Waals surface area (Å²) in [6.07, 6.45) is 0. The molecule has 0 aromatic heterocycles. The molecule has 0 amide bonds. The van der Waals surface area contributed by atoms with Gasteiger partial charge >= 0.3 is 0 Å². The molecule has 0 spiro atoms. The van der Waals surface area contributed by atoms with Crippen LogP contribution in [-0.4, -0.2) is 6.55 Å². The molecule has 1 aliphatic rings. The van der Waals surface area contributed by atoms with Gasteiger partial charge in [0.1, 0.15) is 0 Å². The predicted octanol–water partition coefficient (Wildman–Crippen LogP) is 6.49. The van der Waals surface area contributed by atoms with Gasteiger partial charge in [-0.3, -0.25) is 0 Å². The molecule has 5 aromatic rings. The third kappa shape index (κ3) is 4.31. The topological polar surface area (TPSA) is 18.5 Å². The van der Waals surface area contributed by atoms with Crippen LogP contribution in [0.25, 0.3) is 0 Å². The van der Waals surface area contributed by atoms with E-state index in [-0.39, 0.29) is 11.7 Å². The average Bonchev–Trinajstić information content (AvgIpc) is 2.99. The second kappa shape index (κ2) is 10.2. The highest BCUT2D eigenvalue weighted by atomic mass is 31.1. The molecule has 0 bridgehead atoms. The van der Waals surface area contributed by atoms with Crippen molar-refractivity contribution < 1.29 is 9.31 Å². The predicted molar refractivity (Wildman–Crippen MR) is 151 cm³/mol. The Morgan fingerprint density at radius 2 is 0.750 bits per heavy atom. The lowest BCUT2D eigenvalue weighted by molar-refractivity contribution is 0.134. The van der Waals surface area contributed by atoms with Crippen molar-refractivity contribution in [3.63, 3.8) is 0 Å². The van der Waals surface area contributed by atoms with Crippen LogP contribution in [0.15, 0.2) is 152 Å². The van der Waals surface area contributed by atoms with Crippen LogP contribution in [0.2, 0.25) is 0 Å². The van der Waals surface area contributed by atoms with E-state index in [9.17, 15) is 0 Å². The van der Waals surface area contributed by atoms with E-state index >= 15 is 0 Å². The first kappa shape index (κ1) is 22.9. The highest BCUT2D eigenvalue weighted by Gasteiger charge is 2.46. The second-order valence-corrected chi connectivity index (χ2v) is 11.3. The third-order valence-electron chi connectivity index (χ3n) is 6.85. The molecule has 176 valence electrons. The summed E-state index contributed by atoms with van der Waals surface area (Å²) in [5.41, 5.74) is 4.45. The van der Waals surface area contributed by atoms with Gasteiger partial charge in [0.05, 0.1) is 11.7 Å². The lowest BCUT2D eigenvalue weighted by Gasteiger charge is -2.57. The van der Waals surface area contributed by atoms with Crippen LogP contribution in [0.4, 0.5) is 0 Å². The van der Waals surface area contributed by atoms with E-state index in [0.717, 1.165) is 10.9 Å². The van der Waals surface area contributed by atoms with Crippen LogP contribution in [0.5, 0.6) is 0 Å². The van der Waals surface area contributed by atoms with Gasteiger partial charge in [0.2, 0.25) is 0 Å². The summed E-state index contributed by atoms with van der Waals surface area (Å²) in [6, 6.07) is 52.9. The Hall–Kier alpha value is -3.49. The zero-order valence-corrected chi connectivity index (χ0v) is 20.8. The summed E-state index contributed by atoms with van der Waals surface area (Å²) in [5.74, 6) is -0.300. The maximum absolute atomic E-state index is 7.32. The van der Waals surface area contributed by atoms with Crippen molar-refractivity contribution in [2.45, 2.75) is 11.7 Å². The van der Waals surface area contributed by atoms with E-state index in [0.29, 0.717) is 0 Å². The zero-order valence-electron chi connectivity index (χ0n) is 19.9. The average molecular weight is 485 g/mol. The van der Waals surface area contributed by atoms with Gasteiger partial charge in [-0.2, -0.15) is 0 Å². The van der Waals surface area contributed by atoms with Crippen LogP contribution in [0, 0.1) is 0 Å². The lowest BCUT2D eigenvalue weighted by atomic mass is 9.46. The van der Waals surface area contributed by atoms with Gasteiger partial charge in [-0.15, -0.1) is 10.9 Å². The fraction of sp³-hybridized carbons (Fsp3) is 0.0625. The van der Waals surface area contributed by atoms with E-state index in [1.807, 2.05) is 12.1 Å². The SMILES string of the molecule is c1ccc([C@H]2O[B-](c3ccccc3)(c3ccccc3)O[C@@H](c3ccccc3)P2c2ccccc2)cc1. The van der Waals surface area contributed by atoms with Crippen molar-refractivity contribution in [3.05, 3.63) is 163 Å². The van der Waals surface area contributed by atoms with Crippen molar-refractivity contribution in [2.75, 3.05) is 0 Å². The minimum Gasteiger partial charge on any atom is -0.551 e. The zero-order chi connectivity index (χ0) is 24.2. The molecule has 36 heavy (non-hydrogen) atoms. The Morgan fingerprint density at radius 3 is 1.14 bits per heavy atom. The van der Waals surface area contributed by atoms with Gasteiger partial charge < -0.3 is 9.31 Å². The first-order chi connectivity index (χ1) is 17.9. The molecular formula is C32H27BO2P-. The number of hydrogen-bond acceptors (Lipinski definition) is 2. The molecule has 0 aliphatic carbocycles. The summed E-state index contributed by atoms with van der Waals surface area (Å²) < 4.78 is 14.6. The van der Waals surface area contributed by atoms with E-state index < -0.39 is 14.5 Å². The van der Waals surface area contributed by atoms with Gasteiger partial charge in [-0.25, -0.2) is 0 Å². The van der Waals surface area contributed by atoms with Crippen molar-refractivity contribution in [1.82, 2.24) is 0 Å². The van der Waals surface area contributed by atoms with Crippen LogP contribution < -0.4 is 16.2 Å². The molecule has 4 heteroatoms. The lowest BCUT2D eigenvalue weighted by Crippen LogP contribution is -2.65. The molecular weight excluding hydrogens is 458 g/mol. The normalized spacial score (nSPS) is 21.1. The smallest absolute Gasteiger partial charge is 0.300 e. The minimum absolute atomic E-state index is 0.150. The van der Waals surface area contributed by atoms with E-state index in [1.165, 1.54) is 16.4 Å². The standard InChI is InChI=1S/C32H27BO2P/c1-6-16-26(17-7-1)31-34-33(28-20-10-3-11-21-28,29-22-12-4-13-23-29)35-32(27-18-8-2-9-19-27)36(31)30-24-14-5-15-25-30/h1-25,31-32H/q-1/t31-,32+,36?. The summed E-state index contributed by atoms with van der Waals surface area (Å²) in [5, 5.41) is 1.26. The Labute approximate surface area is 214 Å². The van der Waals surface area contributed by atoms with Crippen LogP contribution in [-0.2, 0) is 9.31 Å². The van der Waals surface area contributed by atoms with Crippen LogP contribution in [0.3, 0.4) is 0 Å². The molecule has 1 aliphatic heterocycles. The van der Waals surface area contributed by atoms with Gasteiger partial charge in [-0.1, -0.05) is 152 Å². The molecule has 3 atom stereocenters. The summed E-state index contributed by atoms with van der Waals surface area (Å²) >= 11 is 0. The Kier molecular flexibility index (Phi) is 6.53. The number of hydrogen-bond donors (Lipinski definition) is 0. The van der Waals surface area contributed by atoms with E-state index in [1.54, 1.807) is 0 Å². The monoisotopic (exact) mass is 485 g/mol. The fourth-order valence-corrected chi connectivity index (χ4v) is 8.05. The summed E-state index contributed by atoms with van der Waals surface area (Å²) in [4.78, 5) is 0. The van der Waals surface area contributed by atoms with Crippen molar-refractivity contribution in [2.24, 2.45) is 0 Å². The Bertz CT molecular complexity index is 1290. The maximum atomic E-state index is 7.32. The van der Waals surface area contributed by atoms with Gasteiger partial charge in [0, 0.05) is 0 Å². The molecule has 0 N–H and O–H groups in total. The van der Waals surface area contributed by atoms with Crippen molar-refractivity contribution >= 4 is 30.7 Å². The minimum atomic E-state index is -1.97. The molecule has 1 unspecified atom stereocenters. The molecule has 1 heterocycles. The van der Waals surface area contributed by atoms with E-state index in [2.05, 4.69) is 140 Å². The summed E-state index contributed by atoms with van der Waals surface area (Å²) in [7, 11) is -0.914. The Morgan fingerprint density at radius 1 is 0.417 bits per heavy atom. The molecule has 1 saturated heterocycles. The molecule has 5 aromatic carbocycles. The van der Waals surface area contributed by atoms with E-state index in [4.69, 9.17) is 9.31 Å². The highest BCUT2D eigenvalue weighted by Crippen LogP contribution is 2.65. The van der Waals surface area contributed by atoms with Gasteiger partial charge in [0.25, 0.3) is 6.55 Å². The Balaban J connectivity index is 1.62. The third-order valence-corrected chi connectivity index (χ3v) is 9.59. The summed E-state index contributed by atoms with van der Waals surface area (Å²) in [6.45, 7) is -1.97. The van der Waals surface area contributed by atoms with Gasteiger partial charge in [-0.05, 0) is 24.4 Å². The molecule has 0 radical (unpaired) electrons. The largest absolute Gasteiger partial charge is 0.551 e. The fourth-order valence-electron chi connectivity index (χ4n) is 5.15. The number of benzene rings is 5. The van der Waals surface area contributed by atoms with Crippen LogP contribution >= 0.6 is 7.92 Å². The first-order valence-electron chi connectivity index (χ1n) is 12.4. The maximum Gasteiger partial charge on any atom is 0.300 e. The second-order valence-electron chi connectivity index (χ2n) is 9.07. The molecule has 1 fully saturated rings. The molecule has 6 rings (SSSR count).